The van der Waals surface area contributed by atoms with Crippen LogP contribution < -0.4 is 4.90 Å². The van der Waals surface area contributed by atoms with Crippen molar-refractivity contribution >= 4 is 23.1 Å². The monoisotopic (exact) mass is 428 g/mol. The molecule has 0 atom stereocenters. The maximum atomic E-state index is 6.19. The van der Waals surface area contributed by atoms with Crippen LogP contribution in [-0.4, -0.2) is 35.1 Å². The number of rotatable bonds is 11. The fraction of sp³-hybridized carbons (Fsp3) is 0.480. The van der Waals surface area contributed by atoms with Gasteiger partial charge >= 0.3 is 0 Å². The second kappa shape index (κ2) is 11.3. The summed E-state index contributed by atoms with van der Waals surface area (Å²) in [5, 5.41) is 0.757. The number of halogens is 1. The summed E-state index contributed by atoms with van der Waals surface area (Å²) in [7, 11) is 4.12. The zero-order chi connectivity index (χ0) is 22.3. The minimum Gasteiger partial charge on any atom is -0.373 e. The van der Waals surface area contributed by atoms with Gasteiger partial charge in [-0.25, -0.2) is 4.98 Å². The quantitative estimate of drug-likeness (QED) is 0.367. The molecule has 1 heterocycles. The highest BCUT2D eigenvalue weighted by atomic mass is 35.5. The van der Waals surface area contributed by atoms with Crippen molar-refractivity contribution in [2.45, 2.75) is 58.9 Å². The first-order valence-electron chi connectivity index (χ1n) is 10.9. The van der Waals surface area contributed by atoms with Crippen molar-refractivity contribution < 1.29 is 0 Å². The Bertz CT molecular complexity index is 842. The average Bonchev–Trinajstić information content (AvgIpc) is 2.97. The smallest absolute Gasteiger partial charge is 0.160 e. The van der Waals surface area contributed by atoms with Crippen LogP contribution in [0.4, 0.5) is 5.82 Å². The van der Waals surface area contributed by atoms with Gasteiger partial charge in [-0.15, -0.1) is 0 Å². The van der Waals surface area contributed by atoms with Gasteiger partial charge in [0.1, 0.15) is 11.5 Å². The molecule has 0 bridgehead atoms. The van der Waals surface area contributed by atoms with Crippen molar-refractivity contribution in [3.05, 3.63) is 65.8 Å². The molecule has 0 amide bonds. The first-order chi connectivity index (χ1) is 14.3. The van der Waals surface area contributed by atoms with Crippen LogP contribution in [0.25, 0.3) is 5.70 Å². The molecule has 0 fully saturated rings. The van der Waals surface area contributed by atoms with Crippen LogP contribution in [0.3, 0.4) is 0 Å². The third-order valence-corrected chi connectivity index (χ3v) is 5.68. The van der Waals surface area contributed by atoms with E-state index in [1.54, 1.807) is 6.20 Å². The standard InChI is InChI=1S/C25H37ClN4/c1-8-10-11-17-29(7)20(5)23-25(28(6)9-2)27-24(19(3)4)30(23)18-21-13-12-14-22(26)16-15-21/h9,12,14-16,19H,2,5,8,10-11,13,17-18H2,1,3-4,6-7H3. The third-order valence-electron chi connectivity index (χ3n) is 5.43. The van der Waals surface area contributed by atoms with Crippen LogP contribution in [0, 0.1) is 0 Å². The fourth-order valence-corrected chi connectivity index (χ4v) is 3.71. The molecule has 164 valence electrons. The molecule has 1 aromatic heterocycles. The molecule has 0 radical (unpaired) electrons. The second-order valence-electron chi connectivity index (χ2n) is 8.23. The number of unbranched alkanes of at least 4 members (excludes halogenated alkanes) is 2. The molecule has 4 nitrogen and oxygen atoms in total. The molecule has 1 aromatic rings. The molecule has 5 heteroatoms. The summed E-state index contributed by atoms with van der Waals surface area (Å²) in [6.45, 7) is 16.8. The van der Waals surface area contributed by atoms with Crippen LogP contribution in [-0.2, 0) is 6.54 Å². The van der Waals surface area contributed by atoms with E-state index >= 15 is 0 Å². The lowest BCUT2D eigenvalue weighted by molar-refractivity contribution is 0.451. The van der Waals surface area contributed by atoms with Crippen molar-refractivity contribution in [1.29, 1.82) is 0 Å². The van der Waals surface area contributed by atoms with Crippen LogP contribution in [0.2, 0.25) is 0 Å². The first-order valence-corrected chi connectivity index (χ1v) is 11.3. The highest BCUT2D eigenvalue weighted by Gasteiger charge is 2.25. The predicted molar refractivity (Wildman–Crippen MR) is 132 cm³/mol. The highest BCUT2D eigenvalue weighted by molar-refractivity contribution is 6.31. The minimum atomic E-state index is 0.287. The van der Waals surface area contributed by atoms with E-state index in [1.165, 1.54) is 18.4 Å². The Hall–Kier alpha value is -2.20. The molecule has 0 aliphatic heterocycles. The van der Waals surface area contributed by atoms with Gasteiger partial charge in [0.15, 0.2) is 5.82 Å². The lowest BCUT2D eigenvalue weighted by Gasteiger charge is -2.25. The lowest BCUT2D eigenvalue weighted by Crippen LogP contribution is -2.22. The molecule has 0 spiro atoms. The van der Waals surface area contributed by atoms with E-state index < -0.39 is 0 Å². The van der Waals surface area contributed by atoms with Crippen molar-refractivity contribution in [1.82, 2.24) is 14.5 Å². The Morgan fingerprint density at radius 1 is 1.30 bits per heavy atom. The van der Waals surface area contributed by atoms with E-state index in [9.17, 15) is 0 Å². The van der Waals surface area contributed by atoms with E-state index in [0.29, 0.717) is 0 Å². The van der Waals surface area contributed by atoms with E-state index in [0.717, 1.165) is 54.0 Å². The molecule has 0 N–H and O–H groups in total. The largest absolute Gasteiger partial charge is 0.373 e. The van der Waals surface area contributed by atoms with Gasteiger partial charge in [0, 0.05) is 38.1 Å². The third kappa shape index (κ3) is 5.91. The van der Waals surface area contributed by atoms with Gasteiger partial charge in [0.05, 0.1) is 5.70 Å². The zero-order valence-electron chi connectivity index (χ0n) is 19.3. The van der Waals surface area contributed by atoms with Crippen LogP contribution in [0.5, 0.6) is 0 Å². The summed E-state index contributed by atoms with van der Waals surface area (Å²) >= 11 is 6.19. The predicted octanol–water partition coefficient (Wildman–Crippen LogP) is 6.69. The Kier molecular flexibility index (Phi) is 9.04. The summed E-state index contributed by atoms with van der Waals surface area (Å²) in [6, 6.07) is 0. The van der Waals surface area contributed by atoms with Crippen molar-refractivity contribution in [3.63, 3.8) is 0 Å². The van der Waals surface area contributed by atoms with Crippen LogP contribution >= 0.6 is 11.6 Å². The number of nitrogens with zero attached hydrogens (tertiary/aromatic N) is 4. The number of hydrogen-bond acceptors (Lipinski definition) is 3. The highest BCUT2D eigenvalue weighted by Crippen LogP contribution is 2.33. The second-order valence-corrected chi connectivity index (χ2v) is 8.67. The summed E-state index contributed by atoms with van der Waals surface area (Å²) in [5.41, 5.74) is 3.34. The molecule has 2 rings (SSSR count). The molecule has 0 aromatic carbocycles. The van der Waals surface area contributed by atoms with Gasteiger partial charge in [-0.1, -0.05) is 70.5 Å². The maximum absolute atomic E-state index is 6.19. The van der Waals surface area contributed by atoms with Crippen LogP contribution in [0.15, 0.2) is 54.3 Å². The summed E-state index contributed by atoms with van der Waals surface area (Å²) in [4.78, 5) is 9.27. The number of hydrogen-bond donors (Lipinski definition) is 0. The summed E-state index contributed by atoms with van der Waals surface area (Å²) in [5.74, 6) is 2.25. The minimum absolute atomic E-state index is 0.287. The summed E-state index contributed by atoms with van der Waals surface area (Å²) < 4.78 is 2.32. The summed E-state index contributed by atoms with van der Waals surface area (Å²) in [6.07, 6.45) is 14.4. The SMILES string of the molecule is C=CN(C)c1nc(C(C)C)n(CC2=CC=C(Cl)C=CC2)c1C(=C)N(C)CCCCC. The molecule has 0 unspecified atom stereocenters. The number of aromatic nitrogens is 2. The van der Waals surface area contributed by atoms with E-state index in [4.69, 9.17) is 16.6 Å². The zero-order valence-corrected chi connectivity index (χ0v) is 20.0. The van der Waals surface area contributed by atoms with Gasteiger partial charge in [0.25, 0.3) is 0 Å². The van der Waals surface area contributed by atoms with Gasteiger partial charge in [0.2, 0.25) is 0 Å². The first kappa shape index (κ1) is 24.1. The molecular formula is C25H37ClN4. The molecule has 0 saturated heterocycles. The lowest BCUT2D eigenvalue weighted by atomic mass is 10.1. The van der Waals surface area contributed by atoms with Crippen molar-refractivity contribution in [2.24, 2.45) is 0 Å². The van der Waals surface area contributed by atoms with E-state index in [-0.39, 0.29) is 5.92 Å². The normalized spacial score (nSPS) is 13.7. The Morgan fingerprint density at radius 3 is 2.67 bits per heavy atom. The van der Waals surface area contributed by atoms with Gasteiger partial charge < -0.3 is 14.4 Å². The molecule has 1 aliphatic carbocycles. The fourth-order valence-electron chi connectivity index (χ4n) is 3.55. The van der Waals surface area contributed by atoms with E-state index in [2.05, 4.69) is 62.6 Å². The Morgan fingerprint density at radius 2 is 2.03 bits per heavy atom. The molecule has 1 aliphatic rings. The molecular weight excluding hydrogens is 392 g/mol. The average molecular weight is 429 g/mol. The van der Waals surface area contributed by atoms with E-state index in [1.807, 2.05) is 24.1 Å². The topological polar surface area (TPSA) is 24.3 Å². The van der Waals surface area contributed by atoms with Crippen molar-refractivity contribution in [3.8, 4) is 0 Å². The van der Waals surface area contributed by atoms with Gasteiger partial charge in [-0.2, -0.15) is 0 Å². The number of anilines is 1. The van der Waals surface area contributed by atoms with Crippen molar-refractivity contribution in [2.75, 3.05) is 25.5 Å². The Labute approximate surface area is 187 Å². The number of allylic oxidation sites excluding steroid dienone is 6. The van der Waals surface area contributed by atoms with Crippen LogP contribution in [0.1, 0.15) is 63.9 Å². The Balaban J connectivity index is 2.52. The van der Waals surface area contributed by atoms with Gasteiger partial charge in [-0.3, -0.25) is 0 Å². The maximum Gasteiger partial charge on any atom is 0.160 e. The molecule has 30 heavy (non-hydrogen) atoms. The van der Waals surface area contributed by atoms with Gasteiger partial charge in [-0.05, 0) is 36.8 Å². The number of imidazole rings is 1. The molecule has 0 saturated carbocycles.